The Kier molecular flexibility index (Phi) is 4.81. The number of hydrogen-bond donors (Lipinski definition) is 1. The summed E-state index contributed by atoms with van der Waals surface area (Å²) in [7, 11) is 0. The number of nitrogens with zero attached hydrogens (tertiary/aromatic N) is 3. The van der Waals surface area contributed by atoms with Crippen molar-refractivity contribution < 1.29 is 4.79 Å². The zero-order valence-electron chi connectivity index (χ0n) is 13.1. The standard InChI is InChI=1S/C17H16N4O2S/c1-2-9-21-17(23)14-8-4-3-7-13(14)15(20-21)16(22)19-18-11-12-6-5-10-24-12/h3-8,10-11H,2,9H2,1H3,(H,19,22)/b18-11-. The van der Waals surface area contributed by atoms with Crippen molar-refractivity contribution in [1.82, 2.24) is 15.2 Å². The van der Waals surface area contributed by atoms with Crippen LogP contribution in [0.5, 0.6) is 0 Å². The number of thiophene rings is 1. The van der Waals surface area contributed by atoms with Gasteiger partial charge in [0.2, 0.25) is 0 Å². The third kappa shape index (κ3) is 3.26. The first kappa shape index (κ1) is 16.1. The van der Waals surface area contributed by atoms with Gasteiger partial charge in [-0.15, -0.1) is 11.3 Å². The van der Waals surface area contributed by atoms with Crippen LogP contribution in [-0.4, -0.2) is 21.9 Å². The predicted octanol–water partition coefficient (Wildman–Crippen LogP) is 2.63. The van der Waals surface area contributed by atoms with Crippen LogP contribution in [0.4, 0.5) is 0 Å². The quantitative estimate of drug-likeness (QED) is 0.573. The molecule has 0 aliphatic heterocycles. The van der Waals surface area contributed by atoms with E-state index in [0.29, 0.717) is 17.3 Å². The lowest BCUT2D eigenvalue weighted by atomic mass is 10.1. The first-order valence-corrected chi connectivity index (χ1v) is 8.45. The van der Waals surface area contributed by atoms with E-state index in [-0.39, 0.29) is 11.3 Å². The van der Waals surface area contributed by atoms with Crippen LogP contribution in [0.15, 0.2) is 51.7 Å². The largest absolute Gasteiger partial charge is 0.292 e. The Hall–Kier alpha value is -2.80. The second kappa shape index (κ2) is 7.18. The molecule has 0 aliphatic carbocycles. The molecule has 0 saturated heterocycles. The highest BCUT2D eigenvalue weighted by Gasteiger charge is 2.15. The van der Waals surface area contributed by atoms with Crippen molar-refractivity contribution in [1.29, 1.82) is 0 Å². The van der Waals surface area contributed by atoms with Crippen molar-refractivity contribution in [2.24, 2.45) is 5.10 Å². The predicted molar refractivity (Wildman–Crippen MR) is 95.7 cm³/mol. The molecule has 3 rings (SSSR count). The first-order valence-electron chi connectivity index (χ1n) is 7.57. The smallest absolute Gasteiger partial charge is 0.267 e. The van der Waals surface area contributed by atoms with E-state index in [9.17, 15) is 9.59 Å². The molecule has 0 atom stereocenters. The van der Waals surface area contributed by atoms with Gasteiger partial charge in [0.25, 0.3) is 11.5 Å². The summed E-state index contributed by atoms with van der Waals surface area (Å²) in [5.74, 6) is -0.441. The molecule has 2 aromatic heterocycles. The van der Waals surface area contributed by atoms with Crippen LogP contribution in [0.3, 0.4) is 0 Å². The second-order valence-corrected chi connectivity index (χ2v) is 6.12. The molecule has 0 bridgehead atoms. The van der Waals surface area contributed by atoms with Crippen LogP contribution in [0, 0.1) is 0 Å². The van der Waals surface area contributed by atoms with E-state index in [1.165, 1.54) is 16.0 Å². The average Bonchev–Trinajstić information content (AvgIpc) is 3.11. The lowest BCUT2D eigenvalue weighted by Crippen LogP contribution is -2.29. The van der Waals surface area contributed by atoms with Crippen molar-refractivity contribution in [3.8, 4) is 0 Å². The Balaban J connectivity index is 1.96. The first-order chi connectivity index (χ1) is 11.7. The van der Waals surface area contributed by atoms with Crippen LogP contribution < -0.4 is 11.0 Å². The van der Waals surface area contributed by atoms with Gasteiger partial charge >= 0.3 is 0 Å². The number of hydrazone groups is 1. The van der Waals surface area contributed by atoms with Gasteiger partial charge in [0.15, 0.2) is 5.69 Å². The van der Waals surface area contributed by atoms with Crippen molar-refractivity contribution in [3.05, 3.63) is 62.7 Å². The van der Waals surface area contributed by atoms with Crippen LogP contribution in [0.2, 0.25) is 0 Å². The molecule has 7 heteroatoms. The van der Waals surface area contributed by atoms with Gasteiger partial charge in [-0.1, -0.05) is 31.2 Å². The lowest BCUT2D eigenvalue weighted by Gasteiger charge is -2.09. The molecule has 0 unspecified atom stereocenters. The van der Waals surface area contributed by atoms with Gasteiger partial charge in [0.05, 0.1) is 11.6 Å². The number of hydrogen-bond acceptors (Lipinski definition) is 5. The Morgan fingerprint density at radius 2 is 2.08 bits per heavy atom. The number of benzene rings is 1. The Bertz CT molecular complexity index is 945. The molecule has 1 amide bonds. The molecule has 0 fully saturated rings. The van der Waals surface area contributed by atoms with Gasteiger partial charge in [0.1, 0.15) is 0 Å². The number of aryl methyl sites for hydroxylation is 1. The molecule has 2 heterocycles. The van der Waals surface area contributed by atoms with E-state index in [1.807, 2.05) is 24.4 Å². The van der Waals surface area contributed by atoms with E-state index < -0.39 is 5.91 Å². The molecule has 0 aliphatic rings. The normalized spacial score (nSPS) is 11.2. The van der Waals surface area contributed by atoms with E-state index >= 15 is 0 Å². The molecular formula is C17H16N4O2S. The summed E-state index contributed by atoms with van der Waals surface area (Å²) >= 11 is 1.52. The van der Waals surface area contributed by atoms with E-state index in [2.05, 4.69) is 15.6 Å². The summed E-state index contributed by atoms with van der Waals surface area (Å²) in [5.41, 5.74) is 2.48. The SMILES string of the molecule is CCCn1nc(C(=O)N/N=C\c2cccs2)c2ccccc2c1=O. The molecule has 0 saturated carbocycles. The monoisotopic (exact) mass is 340 g/mol. The Morgan fingerprint density at radius 3 is 2.79 bits per heavy atom. The fraction of sp³-hybridized carbons (Fsp3) is 0.176. The molecule has 0 spiro atoms. The zero-order chi connectivity index (χ0) is 16.9. The number of carbonyl (C=O) groups is 1. The van der Waals surface area contributed by atoms with Gasteiger partial charge in [0, 0.05) is 16.8 Å². The lowest BCUT2D eigenvalue weighted by molar-refractivity contribution is 0.0949. The number of aromatic nitrogens is 2. The van der Waals surface area contributed by atoms with Gasteiger partial charge in [-0.25, -0.2) is 10.1 Å². The van der Waals surface area contributed by atoms with Gasteiger partial charge < -0.3 is 0 Å². The minimum absolute atomic E-state index is 0.189. The number of carbonyl (C=O) groups excluding carboxylic acids is 1. The molecule has 6 nitrogen and oxygen atoms in total. The van der Waals surface area contributed by atoms with Crippen LogP contribution in [0.1, 0.15) is 28.7 Å². The Morgan fingerprint density at radius 1 is 1.29 bits per heavy atom. The van der Waals surface area contributed by atoms with Crippen molar-refractivity contribution in [2.45, 2.75) is 19.9 Å². The highest BCUT2D eigenvalue weighted by Crippen LogP contribution is 2.13. The number of nitrogens with one attached hydrogen (secondary N) is 1. The average molecular weight is 340 g/mol. The van der Waals surface area contributed by atoms with Crippen LogP contribution in [-0.2, 0) is 6.54 Å². The maximum absolute atomic E-state index is 12.5. The topological polar surface area (TPSA) is 76.3 Å². The van der Waals surface area contributed by atoms with E-state index in [4.69, 9.17) is 0 Å². The van der Waals surface area contributed by atoms with Crippen molar-refractivity contribution in [2.75, 3.05) is 0 Å². The maximum Gasteiger partial charge on any atom is 0.292 e. The minimum atomic E-state index is -0.441. The maximum atomic E-state index is 12.5. The summed E-state index contributed by atoms with van der Waals surface area (Å²) in [6.45, 7) is 2.41. The minimum Gasteiger partial charge on any atom is -0.267 e. The van der Waals surface area contributed by atoms with Crippen LogP contribution in [0.25, 0.3) is 10.8 Å². The summed E-state index contributed by atoms with van der Waals surface area (Å²) < 4.78 is 1.33. The van der Waals surface area contributed by atoms with Crippen LogP contribution >= 0.6 is 11.3 Å². The summed E-state index contributed by atoms with van der Waals surface area (Å²) in [5, 5.41) is 11.1. The molecular weight excluding hydrogens is 324 g/mol. The highest BCUT2D eigenvalue weighted by atomic mass is 32.1. The summed E-state index contributed by atoms with van der Waals surface area (Å²) in [4.78, 5) is 25.8. The molecule has 0 radical (unpaired) electrons. The fourth-order valence-corrected chi connectivity index (χ4v) is 2.92. The highest BCUT2D eigenvalue weighted by molar-refractivity contribution is 7.11. The van der Waals surface area contributed by atoms with Gasteiger partial charge in [-0.3, -0.25) is 9.59 Å². The van der Waals surface area contributed by atoms with E-state index in [0.717, 1.165) is 11.3 Å². The zero-order valence-corrected chi connectivity index (χ0v) is 13.9. The molecule has 3 aromatic rings. The molecule has 122 valence electrons. The molecule has 1 aromatic carbocycles. The Labute approximate surface area is 142 Å². The van der Waals surface area contributed by atoms with Gasteiger partial charge in [-0.05, 0) is 23.9 Å². The number of fused-ring (bicyclic) bond motifs is 1. The fourth-order valence-electron chi connectivity index (χ4n) is 2.34. The third-order valence-corrected chi connectivity index (χ3v) is 4.23. The van der Waals surface area contributed by atoms with Crippen molar-refractivity contribution in [3.63, 3.8) is 0 Å². The molecule has 1 N–H and O–H groups in total. The number of amides is 1. The van der Waals surface area contributed by atoms with E-state index in [1.54, 1.807) is 30.5 Å². The third-order valence-electron chi connectivity index (χ3n) is 3.42. The van der Waals surface area contributed by atoms with Crippen molar-refractivity contribution >= 4 is 34.2 Å². The van der Waals surface area contributed by atoms with Gasteiger partial charge in [-0.2, -0.15) is 10.2 Å². The second-order valence-electron chi connectivity index (χ2n) is 5.14. The summed E-state index contributed by atoms with van der Waals surface area (Å²) in [6, 6.07) is 10.8. The summed E-state index contributed by atoms with van der Waals surface area (Å²) in [6.07, 6.45) is 2.33. The molecule has 24 heavy (non-hydrogen) atoms. The number of rotatable bonds is 5.